The van der Waals surface area contributed by atoms with Gasteiger partial charge in [0.25, 0.3) is 0 Å². The van der Waals surface area contributed by atoms with Crippen LogP contribution in [0.4, 0.5) is 0 Å². The molecule has 0 aromatic heterocycles. The highest BCUT2D eigenvalue weighted by atomic mass is 16.5. The lowest BCUT2D eigenvalue weighted by atomic mass is 9.98. The summed E-state index contributed by atoms with van der Waals surface area (Å²) in [5, 5.41) is 0. The van der Waals surface area contributed by atoms with E-state index in [9.17, 15) is 4.79 Å². The molecule has 1 fully saturated rings. The van der Waals surface area contributed by atoms with Crippen molar-refractivity contribution in [1.82, 2.24) is 4.90 Å². The third-order valence-electron chi connectivity index (χ3n) is 4.39. The number of methoxy groups -OCH3 is 1. The molecule has 0 bridgehead atoms. The van der Waals surface area contributed by atoms with Crippen molar-refractivity contribution in [1.29, 1.82) is 0 Å². The van der Waals surface area contributed by atoms with Gasteiger partial charge in [0.05, 0.1) is 26.3 Å². The van der Waals surface area contributed by atoms with Crippen molar-refractivity contribution >= 4 is 5.91 Å². The molecule has 22 heavy (non-hydrogen) atoms. The van der Waals surface area contributed by atoms with Gasteiger partial charge in [-0.05, 0) is 23.6 Å². The first-order valence-electron chi connectivity index (χ1n) is 7.86. The maximum atomic E-state index is 12.5. The minimum absolute atomic E-state index is 0.0190. The fourth-order valence-electron chi connectivity index (χ4n) is 2.60. The molecule has 5 heteroatoms. The molecule has 1 amide bonds. The second-order valence-corrected chi connectivity index (χ2v) is 5.83. The van der Waals surface area contributed by atoms with Gasteiger partial charge < -0.3 is 20.1 Å². The van der Waals surface area contributed by atoms with Crippen LogP contribution in [0.1, 0.15) is 31.9 Å². The molecular weight excluding hydrogens is 280 g/mol. The zero-order valence-electron chi connectivity index (χ0n) is 13.6. The Morgan fingerprint density at radius 1 is 1.55 bits per heavy atom. The number of hydrogen-bond donors (Lipinski definition) is 1. The van der Waals surface area contributed by atoms with Crippen molar-refractivity contribution in [3.05, 3.63) is 29.8 Å². The van der Waals surface area contributed by atoms with E-state index in [0.29, 0.717) is 19.7 Å². The molecule has 0 saturated carbocycles. The molecule has 0 spiro atoms. The summed E-state index contributed by atoms with van der Waals surface area (Å²) < 4.78 is 11.1. The molecule has 2 N–H and O–H groups in total. The highest BCUT2D eigenvalue weighted by Crippen LogP contribution is 2.26. The number of amides is 1. The van der Waals surface area contributed by atoms with Crippen molar-refractivity contribution < 1.29 is 14.3 Å². The lowest BCUT2D eigenvalue weighted by Gasteiger charge is -2.35. The van der Waals surface area contributed by atoms with E-state index in [0.717, 1.165) is 17.7 Å². The fourth-order valence-corrected chi connectivity index (χ4v) is 2.60. The zero-order chi connectivity index (χ0) is 16.1. The highest BCUT2D eigenvalue weighted by molar-refractivity contribution is 5.82. The Balaban J connectivity index is 2.06. The molecule has 0 unspecified atom stereocenters. The van der Waals surface area contributed by atoms with E-state index in [1.54, 1.807) is 7.11 Å². The van der Waals surface area contributed by atoms with E-state index in [4.69, 9.17) is 15.2 Å². The predicted octanol–water partition coefficient (Wildman–Crippen LogP) is 1.97. The predicted molar refractivity (Wildman–Crippen MR) is 85.7 cm³/mol. The van der Waals surface area contributed by atoms with Gasteiger partial charge in [0.15, 0.2) is 0 Å². The number of ether oxygens (including phenoxy) is 2. The molecule has 1 aromatic rings. The molecular formula is C17H26N2O3. The van der Waals surface area contributed by atoms with Gasteiger partial charge in [0.1, 0.15) is 11.9 Å². The van der Waals surface area contributed by atoms with Crippen molar-refractivity contribution in [3.63, 3.8) is 0 Å². The quantitative estimate of drug-likeness (QED) is 0.903. The van der Waals surface area contributed by atoms with Crippen molar-refractivity contribution in [2.45, 2.75) is 32.4 Å². The average Bonchev–Trinajstić information content (AvgIpc) is 2.59. The van der Waals surface area contributed by atoms with E-state index >= 15 is 0 Å². The molecule has 1 heterocycles. The van der Waals surface area contributed by atoms with Gasteiger partial charge in [0.2, 0.25) is 5.91 Å². The van der Waals surface area contributed by atoms with Crippen LogP contribution in [0.25, 0.3) is 0 Å². The lowest BCUT2D eigenvalue weighted by Crippen LogP contribution is -2.51. The minimum Gasteiger partial charge on any atom is -0.497 e. The van der Waals surface area contributed by atoms with Crippen LogP contribution in [0.2, 0.25) is 0 Å². The van der Waals surface area contributed by atoms with Gasteiger partial charge in [-0.1, -0.05) is 32.4 Å². The molecule has 3 atom stereocenters. The molecule has 2 rings (SSSR count). The monoisotopic (exact) mass is 306 g/mol. The van der Waals surface area contributed by atoms with E-state index in [2.05, 4.69) is 6.92 Å². The summed E-state index contributed by atoms with van der Waals surface area (Å²) in [6.45, 7) is 5.74. The maximum absolute atomic E-state index is 12.5. The largest absolute Gasteiger partial charge is 0.497 e. The summed E-state index contributed by atoms with van der Waals surface area (Å²) >= 11 is 0. The van der Waals surface area contributed by atoms with E-state index < -0.39 is 6.04 Å². The van der Waals surface area contributed by atoms with Gasteiger partial charge >= 0.3 is 0 Å². The Morgan fingerprint density at radius 2 is 2.32 bits per heavy atom. The van der Waals surface area contributed by atoms with Gasteiger partial charge in [-0.2, -0.15) is 0 Å². The topological polar surface area (TPSA) is 64.8 Å². The van der Waals surface area contributed by atoms with Crippen LogP contribution in [0.5, 0.6) is 5.75 Å². The van der Waals surface area contributed by atoms with Crippen LogP contribution in [0.3, 0.4) is 0 Å². The highest BCUT2D eigenvalue weighted by Gasteiger charge is 2.30. The second-order valence-electron chi connectivity index (χ2n) is 5.83. The summed E-state index contributed by atoms with van der Waals surface area (Å²) in [6, 6.07) is 7.34. The van der Waals surface area contributed by atoms with Crippen LogP contribution in [-0.2, 0) is 9.53 Å². The number of carbonyl (C=O) groups excluding carboxylic acids is 1. The number of carbonyl (C=O) groups is 1. The summed E-state index contributed by atoms with van der Waals surface area (Å²) in [5.41, 5.74) is 7.10. The first-order valence-corrected chi connectivity index (χ1v) is 7.86. The van der Waals surface area contributed by atoms with Crippen molar-refractivity contribution in [2.24, 2.45) is 11.7 Å². The number of nitrogens with two attached hydrogens (primary N) is 1. The molecule has 1 saturated heterocycles. The Kier molecular flexibility index (Phi) is 5.80. The number of benzene rings is 1. The normalized spacial score (nSPS) is 21.3. The molecule has 1 aliphatic rings. The number of rotatable bonds is 5. The third kappa shape index (κ3) is 3.78. The van der Waals surface area contributed by atoms with Crippen molar-refractivity contribution in [3.8, 4) is 5.75 Å². The molecule has 1 aromatic carbocycles. The Morgan fingerprint density at radius 3 is 3.00 bits per heavy atom. The van der Waals surface area contributed by atoms with Gasteiger partial charge in [-0.3, -0.25) is 4.79 Å². The van der Waals surface area contributed by atoms with Crippen LogP contribution < -0.4 is 10.5 Å². The average molecular weight is 306 g/mol. The number of nitrogens with zero attached hydrogens (tertiary/aromatic N) is 1. The van der Waals surface area contributed by atoms with E-state index in [1.807, 2.05) is 36.1 Å². The van der Waals surface area contributed by atoms with Crippen molar-refractivity contribution in [2.75, 3.05) is 26.8 Å². The second kappa shape index (κ2) is 7.61. The SMILES string of the molecule is CC[C@H](C)[C@@H](N)C(=O)N1CCO[C@H](c2cccc(OC)c2)C1. The van der Waals surface area contributed by atoms with E-state index in [1.165, 1.54) is 0 Å². The molecule has 122 valence electrons. The van der Waals surface area contributed by atoms with Gasteiger partial charge in [-0.25, -0.2) is 0 Å². The fraction of sp³-hybridized carbons (Fsp3) is 0.588. The summed E-state index contributed by atoms with van der Waals surface area (Å²) in [4.78, 5) is 14.3. The number of hydrogen-bond acceptors (Lipinski definition) is 4. The first kappa shape index (κ1) is 16.8. The summed E-state index contributed by atoms with van der Waals surface area (Å²) in [6.07, 6.45) is 0.772. The Labute approximate surface area is 132 Å². The van der Waals surface area contributed by atoms with E-state index in [-0.39, 0.29) is 17.9 Å². The molecule has 1 aliphatic heterocycles. The Hall–Kier alpha value is -1.59. The smallest absolute Gasteiger partial charge is 0.239 e. The standard InChI is InChI=1S/C17H26N2O3/c1-4-12(2)16(18)17(20)19-8-9-22-15(11-19)13-6-5-7-14(10-13)21-3/h5-7,10,12,15-16H,4,8-9,11,18H2,1-3H3/t12-,15-,16+/m0/s1. The lowest BCUT2D eigenvalue weighted by molar-refractivity contribution is -0.141. The first-order chi connectivity index (χ1) is 10.6. The summed E-state index contributed by atoms with van der Waals surface area (Å²) in [7, 11) is 1.64. The molecule has 0 radical (unpaired) electrons. The minimum atomic E-state index is -0.436. The third-order valence-corrected chi connectivity index (χ3v) is 4.39. The number of morpholine rings is 1. The van der Waals surface area contributed by atoms with Gasteiger partial charge in [-0.15, -0.1) is 0 Å². The van der Waals surface area contributed by atoms with Crippen LogP contribution in [0, 0.1) is 5.92 Å². The van der Waals surface area contributed by atoms with Gasteiger partial charge in [0, 0.05) is 6.54 Å². The molecule has 5 nitrogen and oxygen atoms in total. The maximum Gasteiger partial charge on any atom is 0.239 e. The Bertz CT molecular complexity index is 506. The summed E-state index contributed by atoms with van der Waals surface area (Å²) in [5.74, 6) is 0.997. The molecule has 0 aliphatic carbocycles. The zero-order valence-corrected chi connectivity index (χ0v) is 13.6. The van der Waals surface area contributed by atoms with Crippen LogP contribution in [0.15, 0.2) is 24.3 Å². The van der Waals surface area contributed by atoms with Crippen LogP contribution in [-0.4, -0.2) is 43.7 Å². The van der Waals surface area contributed by atoms with Crippen LogP contribution >= 0.6 is 0 Å².